The Morgan fingerprint density at radius 1 is 1.10 bits per heavy atom. The zero-order valence-corrected chi connectivity index (χ0v) is 13.5. The minimum absolute atomic E-state index is 0.672. The number of rotatable bonds is 8. The van der Waals surface area contributed by atoms with Crippen molar-refractivity contribution in [2.45, 2.75) is 52.0 Å². The van der Waals surface area contributed by atoms with Crippen LogP contribution in [0.3, 0.4) is 0 Å². The molecule has 1 aromatic carbocycles. The van der Waals surface area contributed by atoms with Crippen LogP contribution in [0.25, 0.3) is 0 Å². The maximum atomic E-state index is 5.75. The lowest BCUT2D eigenvalue weighted by atomic mass is 10.0. The van der Waals surface area contributed by atoms with Gasteiger partial charge in [0.1, 0.15) is 5.75 Å². The summed E-state index contributed by atoms with van der Waals surface area (Å²) in [4.78, 5) is 0. The molecule has 0 saturated carbocycles. The van der Waals surface area contributed by atoms with Crippen molar-refractivity contribution in [1.82, 2.24) is 5.32 Å². The van der Waals surface area contributed by atoms with E-state index in [9.17, 15) is 0 Å². The lowest BCUT2D eigenvalue weighted by Crippen LogP contribution is -2.34. The van der Waals surface area contributed by atoms with Crippen LogP contribution in [0.2, 0.25) is 0 Å². The number of benzene rings is 1. The number of piperidine rings is 1. The first kappa shape index (κ1) is 16.3. The second kappa shape index (κ2) is 9.06. The number of ether oxygens (including phenoxy) is 2. The Bertz CT molecular complexity index is 414. The van der Waals surface area contributed by atoms with E-state index in [2.05, 4.69) is 31.3 Å². The van der Waals surface area contributed by atoms with E-state index >= 15 is 0 Å². The Morgan fingerprint density at radius 3 is 2.76 bits per heavy atom. The summed E-state index contributed by atoms with van der Waals surface area (Å²) >= 11 is 0. The molecule has 1 unspecified atom stereocenters. The highest BCUT2D eigenvalue weighted by Crippen LogP contribution is 2.16. The maximum absolute atomic E-state index is 5.75. The van der Waals surface area contributed by atoms with Gasteiger partial charge in [-0.1, -0.05) is 12.5 Å². The van der Waals surface area contributed by atoms with Gasteiger partial charge in [0.15, 0.2) is 0 Å². The second-order valence-corrected chi connectivity index (χ2v) is 6.00. The fourth-order valence-corrected chi connectivity index (χ4v) is 2.65. The third-order valence-electron chi connectivity index (χ3n) is 4.20. The van der Waals surface area contributed by atoms with Crippen molar-refractivity contribution in [2.75, 3.05) is 26.4 Å². The first-order chi connectivity index (χ1) is 10.3. The van der Waals surface area contributed by atoms with E-state index in [0.717, 1.165) is 38.4 Å². The summed E-state index contributed by atoms with van der Waals surface area (Å²) in [7, 11) is 0. The molecule has 1 aliphatic rings. The Hall–Kier alpha value is -1.06. The van der Waals surface area contributed by atoms with Gasteiger partial charge >= 0.3 is 0 Å². The predicted molar refractivity (Wildman–Crippen MR) is 87.1 cm³/mol. The molecule has 21 heavy (non-hydrogen) atoms. The molecule has 1 N–H and O–H groups in total. The van der Waals surface area contributed by atoms with E-state index < -0.39 is 0 Å². The van der Waals surface area contributed by atoms with Gasteiger partial charge in [0.25, 0.3) is 0 Å². The Balaban J connectivity index is 1.48. The van der Waals surface area contributed by atoms with Crippen LogP contribution >= 0.6 is 0 Å². The van der Waals surface area contributed by atoms with Crippen LogP contribution in [0.1, 0.15) is 43.2 Å². The molecule has 1 aromatic rings. The van der Waals surface area contributed by atoms with Crippen molar-refractivity contribution in [1.29, 1.82) is 0 Å². The molecule has 0 aromatic heterocycles. The van der Waals surface area contributed by atoms with Crippen LogP contribution in [0.4, 0.5) is 0 Å². The van der Waals surface area contributed by atoms with Crippen LogP contribution in [0.15, 0.2) is 18.2 Å². The zero-order valence-electron chi connectivity index (χ0n) is 13.5. The number of aryl methyl sites for hydroxylation is 2. The van der Waals surface area contributed by atoms with Gasteiger partial charge in [0, 0.05) is 25.7 Å². The number of hydrogen-bond acceptors (Lipinski definition) is 3. The monoisotopic (exact) mass is 291 g/mol. The van der Waals surface area contributed by atoms with Crippen LogP contribution < -0.4 is 10.1 Å². The molecule has 3 nitrogen and oxygen atoms in total. The van der Waals surface area contributed by atoms with Crippen LogP contribution in [0.5, 0.6) is 5.75 Å². The van der Waals surface area contributed by atoms with Crippen molar-refractivity contribution in [2.24, 2.45) is 0 Å². The van der Waals surface area contributed by atoms with Crippen molar-refractivity contribution in [3.05, 3.63) is 29.3 Å². The molecule has 1 atom stereocenters. The van der Waals surface area contributed by atoms with E-state index in [1.807, 2.05) is 6.07 Å². The molecule has 0 amide bonds. The van der Waals surface area contributed by atoms with Gasteiger partial charge in [0.2, 0.25) is 0 Å². The van der Waals surface area contributed by atoms with Crippen LogP contribution in [-0.4, -0.2) is 32.4 Å². The molecule has 118 valence electrons. The fraction of sp³-hybridized carbons (Fsp3) is 0.667. The highest BCUT2D eigenvalue weighted by molar-refractivity contribution is 5.33. The summed E-state index contributed by atoms with van der Waals surface area (Å²) in [5, 5.41) is 3.55. The lowest BCUT2D eigenvalue weighted by Gasteiger charge is -2.23. The Labute approximate surface area is 129 Å². The minimum Gasteiger partial charge on any atom is -0.493 e. The molecule has 0 radical (unpaired) electrons. The Kier molecular flexibility index (Phi) is 7.04. The fourth-order valence-electron chi connectivity index (χ4n) is 2.65. The zero-order chi connectivity index (χ0) is 14.9. The van der Waals surface area contributed by atoms with E-state index in [0.29, 0.717) is 6.04 Å². The van der Waals surface area contributed by atoms with Gasteiger partial charge in [-0.2, -0.15) is 0 Å². The van der Waals surface area contributed by atoms with E-state index in [1.54, 1.807) is 0 Å². The van der Waals surface area contributed by atoms with Gasteiger partial charge in [-0.15, -0.1) is 0 Å². The molecule has 1 saturated heterocycles. The highest BCUT2D eigenvalue weighted by atomic mass is 16.5. The smallest absolute Gasteiger partial charge is 0.119 e. The Morgan fingerprint density at radius 2 is 2.00 bits per heavy atom. The molecule has 0 bridgehead atoms. The summed E-state index contributed by atoms with van der Waals surface area (Å²) in [5.74, 6) is 0.963. The van der Waals surface area contributed by atoms with Crippen LogP contribution in [-0.2, 0) is 4.74 Å². The molecule has 1 aliphatic heterocycles. The standard InChI is InChI=1S/C18H29NO2/c1-15-7-8-18(14-16(15)2)21-12-5-11-20-13-9-17-6-3-4-10-19-17/h7-8,14,17,19H,3-6,9-13H2,1-2H3. The molecule has 3 heteroatoms. The van der Waals surface area contributed by atoms with Gasteiger partial charge in [-0.3, -0.25) is 0 Å². The number of hydrogen-bond donors (Lipinski definition) is 1. The normalized spacial score (nSPS) is 18.7. The van der Waals surface area contributed by atoms with E-state index in [4.69, 9.17) is 9.47 Å². The molecule has 2 rings (SSSR count). The van der Waals surface area contributed by atoms with Crippen molar-refractivity contribution < 1.29 is 9.47 Å². The summed E-state index contributed by atoms with van der Waals surface area (Å²) in [6, 6.07) is 6.92. The summed E-state index contributed by atoms with van der Waals surface area (Å²) in [5.41, 5.74) is 2.59. The van der Waals surface area contributed by atoms with Gasteiger partial charge in [0.05, 0.1) is 6.61 Å². The average Bonchev–Trinajstić information content (AvgIpc) is 2.51. The highest BCUT2D eigenvalue weighted by Gasteiger charge is 2.11. The SMILES string of the molecule is Cc1ccc(OCCCOCCC2CCCCN2)cc1C. The van der Waals surface area contributed by atoms with Crippen molar-refractivity contribution in [3.8, 4) is 5.75 Å². The first-order valence-electron chi connectivity index (χ1n) is 8.27. The molecular formula is C18H29NO2. The first-order valence-corrected chi connectivity index (χ1v) is 8.27. The number of nitrogens with one attached hydrogen (secondary N) is 1. The molecule has 1 fully saturated rings. The minimum atomic E-state index is 0.672. The molecule has 0 spiro atoms. The van der Waals surface area contributed by atoms with E-state index in [-0.39, 0.29) is 0 Å². The van der Waals surface area contributed by atoms with E-state index in [1.165, 1.54) is 36.9 Å². The summed E-state index contributed by atoms with van der Waals surface area (Å²) in [6.45, 7) is 7.79. The maximum Gasteiger partial charge on any atom is 0.119 e. The van der Waals surface area contributed by atoms with Crippen LogP contribution in [0, 0.1) is 13.8 Å². The summed E-state index contributed by atoms with van der Waals surface area (Å²) < 4.78 is 11.4. The molecule has 0 aliphatic carbocycles. The lowest BCUT2D eigenvalue weighted by molar-refractivity contribution is 0.108. The second-order valence-electron chi connectivity index (χ2n) is 6.00. The average molecular weight is 291 g/mol. The third-order valence-corrected chi connectivity index (χ3v) is 4.20. The predicted octanol–water partition coefficient (Wildman–Crippen LogP) is 3.62. The quantitative estimate of drug-likeness (QED) is 0.742. The van der Waals surface area contributed by atoms with Gasteiger partial charge in [-0.05, 0) is 62.9 Å². The van der Waals surface area contributed by atoms with Gasteiger partial charge < -0.3 is 14.8 Å². The largest absolute Gasteiger partial charge is 0.493 e. The molecule has 1 heterocycles. The van der Waals surface area contributed by atoms with Crippen molar-refractivity contribution >= 4 is 0 Å². The third kappa shape index (κ3) is 6.06. The topological polar surface area (TPSA) is 30.5 Å². The van der Waals surface area contributed by atoms with Crippen molar-refractivity contribution in [3.63, 3.8) is 0 Å². The summed E-state index contributed by atoms with van der Waals surface area (Å²) in [6.07, 6.45) is 6.08. The molecular weight excluding hydrogens is 262 g/mol. The van der Waals surface area contributed by atoms with Gasteiger partial charge in [-0.25, -0.2) is 0 Å².